The fourth-order valence-electron chi connectivity index (χ4n) is 1.05. The third-order valence-electron chi connectivity index (χ3n) is 1.80. The molecule has 82 valence electrons. The first-order valence-electron chi connectivity index (χ1n) is 4.61. The minimum atomic E-state index is -0.402. The van der Waals surface area contributed by atoms with E-state index in [0.717, 1.165) is 0 Å². The summed E-state index contributed by atoms with van der Waals surface area (Å²) in [6.07, 6.45) is 0.766. The van der Waals surface area contributed by atoms with Gasteiger partial charge in [-0.25, -0.2) is 10.2 Å². The van der Waals surface area contributed by atoms with Gasteiger partial charge < -0.3 is 4.74 Å². The number of nitrogens with one attached hydrogen (secondary N) is 1. The highest BCUT2D eigenvalue weighted by molar-refractivity contribution is 5.75. The molecule has 0 atom stereocenters. The van der Waals surface area contributed by atoms with Crippen molar-refractivity contribution in [2.24, 2.45) is 5.84 Å². The van der Waals surface area contributed by atoms with Crippen LogP contribution in [0.3, 0.4) is 0 Å². The van der Waals surface area contributed by atoms with Crippen molar-refractivity contribution in [3.8, 4) is 5.75 Å². The third kappa shape index (κ3) is 3.95. The highest BCUT2D eigenvalue weighted by Gasteiger charge is 2.02. The molecule has 0 heterocycles. The molecule has 0 saturated heterocycles. The van der Waals surface area contributed by atoms with Gasteiger partial charge in [0.1, 0.15) is 0 Å². The first-order valence-corrected chi connectivity index (χ1v) is 4.61. The molecule has 5 heteroatoms. The average Bonchev–Trinajstić information content (AvgIpc) is 2.26. The summed E-state index contributed by atoms with van der Waals surface area (Å²) in [5.41, 5.74) is 2.01. The lowest BCUT2D eigenvalue weighted by Crippen LogP contribution is -2.29. The summed E-state index contributed by atoms with van der Waals surface area (Å²) in [5, 5.41) is 0. The van der Waals surface area contributed by atoms with E-state index in [2.05, 4.69) is 0 Å². The van der Waals surface area contributed by atoms with Gasteiger partial charge in [0, 0.05) is 6.42 Å². The minimum absolute atomic E-state index is 0.200. The summed E-state index contributed by atoms with van der Waals surface area (Å²) in [6, 6.07) is 6.13. The summed E-state index contributed by atoms with van der Waals surface area (Å²) in [4.78, 5) is 10.7. The molecule has 15 heavy (non-hydrogen) atoms. The maximum atomic E-state index is 13.0. The smallest absolute Gasteiger partial charge is 0.234 e. The molecular formula is C10H13FN2O2. The molecule has 1 aromatic rings. The molecule has 0 bridgehead atoms. The zero-order valence-corrected chi connectivity index (χ0v) is 8.20. The van der Waals surface area contributed by atoms with Crippen molar-refractivity contribution in [2.45, 2.75) is 12.8 Å². The zero-order valence-electron chi connectivity index (χ0n) is 8.20. The van der Waals surface area contributed by atoms with Crippen LogP contribution in [0.15, 0.2) is 24.3 Å². The predicted octanol–water partition coefficient (Wildman–Crippen LogP) is 0.975. The van der Waals surface area contributed by atoms with Crippen LogP contribution in [-0.4, -0.2) is 12.5 Å². The van der Waals surface area contributed by atoms with Gasteiger partial charge in [-0.05, 0) is 18.6 Å². The number of amides is 1. The van der Waals surface area contributed by atoms with Crippen LogP contribution in [0.25, 0.3) is 0 Å². The molecule has 1 aromatic carbocycles. The Hall–Kier alpha value is -1.62. The lowest BCUT2D eigenvalue weighted by Gasteiger charge is -2.06. The lowest BCUT2D eigenvalue weighted by molar-refractivity contribution is -0.121. The highest BCUT2D eigenvalue weighted by atomic mass is 19.1. The van der Waals surface area contributed by atoms with E-state index in [1.807, 2.05) is 5.43 Å². The molecule has 4 nitrogen and oxygen atoms in total. The van der Waals surface area contributed by atoms with E-state index in [1.54, 1.807) is 18.2 Å². The molecule has 0 aliphatic heterocycles. The second kappa shape index (κ2) is 5.98. The summed E-state index contributed by atoms with van der Waals surface area (Å²) in [5.74, 6) is 4.43. The maximum Gasteiger partial charge on any atom is 0.234 e. The molecule has 0 radical (unpaired) electrons. The highest BCUT2D eigenvalue weighted by Crippen LogP contribution is 2.15. The van der Waals surface area contributed by atoms with Crippen molar-refractivity contribution in [1.29, 1.82) is 0 Å². The summed E-state index contributed by atoms with van der Waals surface area (Å²) < 4.78 is 18.2. The van der Waals surface area contributed by atoms with E-state index in [1.165, 1.54) is 6.07 Å². The summed E-state index contributed by atoms with van der Waals surface area (Å²) in [7, 11) is 0. The predicted molar refractivity (Wildman–Crippen MR) is 53.5 cm³/mol. The van der Waals surface area contributed by atoms with Crippen molar-refractivity contribution >= 4 is 5.91 Å². The summed E-state index contributed by atoms with van der Waals surface area (Å²) in [6.45, 7) is 0.286. The Bertz CT molecular complexity index is 331. The molecule has 1 amide bonds. The van der Waals surface area contributed by atoms with Crippen molar-refractivity contribution in [3.63, 3.8) is 0 Å². The van der Waals surface area contributed by atoms with E-state index in [0.29, 0.717) is 6.42 Å². The Morgan fingerprint density at radius 3 is 2.87 bits per heavy atom. The van der Waals surface area contributed by atoms with Gasteiger partial charge in [-0.1, -0.05) is 12.1 Å². The number of halogens is 1. The Balaban J connectivity index is 2.26. The molecule has 0 aliphatic rings. The minimum Gasteiger partial charge on any atom is -0.491 e. The van der Waals surface area contributed by atoms with E-state index in [4.69, 9.17) is 10.6 Å². The van der Waals surface area contributed by atoms with Gasteiger partial charge >= 0.3 is 0 Å². The number of nitrogens with two attached hydrogens (primary N) is 1. The molecule has 0 unspecified atom stereocenters. The first kappa shape index (κ1) is 11.5. The molecule has 0 saturated carbocycles. The van der Waals surface area contributed by atoms with Crippen molar-refractivity contribution in [3.05, 3.63) is 30.1 Å². The molecule has 0 fully saturated rings. The van der Waals surface area contributed by atoms with Crippen LogP contribution in [-0.2, 0) is 4.79 Å². The van der Waals surface area contributed by atoms with Gasteiger partial charge in [0.05, 0.1) is 6.61 Å². The Morgan fingerprint density at radius 1 is 1.47 bits per heavy atom. The van der Waals surface area contributed by atoms with Gasteiger partial charge in [-0.2, -0.15) is 0 Å². The Morgan fingerprint density at radius 2 is 2.20 bits per heavy atom. The van der Waals surface area contributed by atoms with Crippen LogP contribution < -0.4 is 16.0 Å². The molecule has 3 N–H and O–H groups in total. The van der Waals surface area contributed by atoms with Crippen LogP contribution in [0.5, 0.6) is 5.75 Å². The number of ether oxygens (including phenoxy) is 1. The van der Waals surface area contributed by atoms with Crippen LogP contribution in [0.2, 0.25) is 0 Å². The number of rotatable bonds is 5. The van der Waals surface area contributed by atoms with Crippen LogP contribution in [0, 0.1) is 5.82 Å². The lowest BCUT2D eigenvalue weighted by atomic mass is 10.3. The normalized spacial score (nSPS) is 9.73. The van der Waals surface area contributed by atoms with Crippen molar-refractivity contribution in [2.75, 3.05) is 6.61 Å². The topological polar surface area (TPSA) is 64.3 Å². The quantitative estimate of drug-likeness (QED) is 0.331. The number of hydrogen-bond acceptors (Lipinski definition) is 3. The molecule has 0 aliphatic carbocycles. The zero-order chi connectivity index (χ0) is 11.1. The monoisotopic (exact) mass is 212 g/mol. The summed E-state index contributed by atoms with van der Waals surface area (Å²) >= 11 is 0. The largest absolute Gasteiger partial charge is 0.491 e. The number of carbonyl (C=O) groups excluding carboxylic acids is 1. The van der Waals surface area contributed by atoms with Gasteiger partial charge in [0.15, 0.2) is 11.6 Å². The fourth-order valence-corrected chi connectivity index (χ4v) is 1.05. The van der Waals surface area contributed by atoms with E-state index in [-0.39, 0.29) is 24.7 Å². The second-order valence-corrected chi connectivity index (χ2v) is 2.95. The van der Waals surface area contributed by atoms with Crippen LogP contribution in [0.4, 0.5) is 4.39 Å². The number of para-hydroxylation sites is 1. The SMILES string of the molecule is NNC(=O)CCCOc1ccccc1F. The number of carbonyl (C=O) groups is 1. The fraction of sp³-hybridized carbons (Fsp3) is 0.300. The van der Waals surface area contributed by atoms with Crippen LogP contribution in [0.1, 0.15) is 12.8 Å². The van der Waals surface area contributed by atoms with E-state index < -0.39 is 5.82 Å². The molecule has 1 rings (SSSR count). The Kier molecular flexibility index (Phi) is 4.56. The van der Waals surface area contributed by atoms with Gasteiger partial charge in [-0.15, -0.1) is 0 Å². The molecular weight excluding hydrogens is 199 g/mol. The third-order valence-corrected chi connectivity index (χ3v) is 1.80. The van der Waals surface area contributed by atoms with Gasteiger partial charge in [-0.3, -0.25) is 10.2 Å². The second-order valence-electron chi connectivity index (χ2n) is 2.95. The van der Waals surface area contributed by atoms with Gasteiger partial charge in [0.2, 0.25) is 5.91 Å². The Labute approximate surface area is 87.2 Å². The van der Waals surface area contributed by atoms with E-state index >= 15 is 0 Å². The number of hydrogen-bond donors (Lipinski definition) is 2. The van der Waals surface area contributed by atoms with Crippen molar-refractivity contribution < 1.29 is 13.9 Å². The van der Waals surface area contributed by atoms with Crippen LogP contribution >= 0.6 is 0 Å². The number of hydrazine groups is 1. The van der Waals surface area contributed by atoms with Crippen molar-refractivity contribution in [1.82, 2.24) is 5.43 Å². The molecule has 0 aromatic heterocycles. The average molecular weight is 212 g/mol. The number of benzene rings is 1. The standard InChI is InChI=1S/C10H13FN2O2/c11-8-4-1-2-5-9(8)15-7-3-6-10(14)13-12/h1-2,4-5H,3,6-7,12H2,(H,13,14). The van der Waals surface area contributed by atoms with Gasteiger partial charge in [0.25, 0.3) is 0 Å². The first-order chi connectivity index (χ1) is 7.24. The maximum absolute atomic E-state index is 13.0. The van der Waals surface area contributed by atoms with E-state index in [9.17, 15) is 9.18 Å². The molecule has 0 spiro atoms.